The van der Waals surface area contributed by atoms with Gasteiger partial charge in [0, 0.05) is 0 Å². The van der Waals surface area contributed by atoms with Crippen LogP contribution in [-0.2, 0) is 4.79 Å². The highest BCUT2D eigenvalue weighted by molar-refractivity contribution is 5.57. The third-order valence-corrected chi connectivity index (χ3v) is 2.06. The maximum Gasteiger partial charge on any atom is 0.137 e. The van der Waals surface area contributed by atoms with Gasteiger partial charge in [-0.2, -0.15) is 0 Å². The van der Waals surface area contributed by atoms with Crippen LogP contribution in [0.4, 0.5) is 0 Å². The Morgan fingerprint density at radius 3 is 1.82 bits per heavy atom. The summed E-state index contributed by atoms with van der Waals surface area (Å²) in [7, 11) is 0. The highest BCUT2D eigenvalue weighted by atomic mass is 16.1. The van der Waals surface area contributed by atoms with Crippen LogP contribution in [0.15, 0.2) is 0 Å². The van der Waals surface area contributed by atoms with Crippen molar-refractivity contribution in [3.63, 3.8) is 0 Å². The van der Waals surface area contributed by atoms with Gasteiger partial charge in [0.05, 0.1) is 6.04 Å². The predicted octanol–water partition coefficient (Wildman–Crippen LogP) is 1.55. The first kappa shape index (κ1) is 10.6. The number of carbonyl (C=O) groups excluding carboxylic acids is 1. The first-order valence-corrected chi connectivity index (χ1v) is 4.36. The molecule has 0 fully saturated rings. The van der Waals surface area contributed by atoms with Crippen LogP contribution in [0.1, 0.15) is 27.7 Å². The van der Waals surface area contributed by atoms with Crippen LogP contribution in [-0.4, -0.2) is 30.3 Å². The molecule has 0 rings (SSSR count). The number of carbonyl (C=O) groups is 1. The Balaban J connectivity index is 4.08. The Bertz CT molecular complexity index is 108. The second-order valence-corrected chi connectivity index (χ2v) is 3.09. The van der Waals surface area contributed by atoms with E-state index in [4.69, 9.17) is 0 Å². The Labute approximate surface area is 69.6 Å². The molecule has 0 bridgehead atoms. The lowest BCUT2D eigenvalue weighted by Crippen LogP contribution is -2.39. The molecule has 1 atom stereocenters. The minimum Gasteiger partial charge on any atom is -0.302 e. The molecule has 0 aromatic heterocycles. The number of hydrogen-bond donors (Lipinski definition) is 0. The molecule has 0 spiro atoms. The zero-order valence-electron chi connectivity index (χ0n) is 8.00. The van der Waals surface area contributed by atoms with E-state index in [1.165, 1.54) is 0 Å². The molecule has 11 heavy (non-hydrogen) atoms. The molecule has 0 aliphatic heterocycles. The summed E-state index contributed by atoms with van der Waals surface area (Å²) in [4.78, 5) is 12.8. The van der Waals surface area contributed by atoms with Crippen LogP contribution >= 0.6 is 0 Å². The number of likely N-dealkylation sites (N-methyl/N-ethyl adjacent to an activating group) is 1. The van der Waals surface area contributed by atoms with Gasteiger partial charge in [0.2, 0.25) is 0 Å². The van der Waals surface area contributed by atoms with E-state index < -0.39 is 0 Å². The van der Waals surface area contributed by atoms with Crippen molar-refractivity contribution in [3.8, 4) is 0 Å². The molecule has 0 aromatic carbocycles. The van der Waals surface area contributed by atoms with Crippen molar-refractivity contribution in [1.29, 1.82) is 0 Å². The van der Waals surface area contributed by atoms with Gasteiger partial charge in [0.25, 0.3) is 0 Å². The van der Waals surface area contributed by atoms with Gasteiger partial charge in [-0.05, 0) is 19.0 Å². The van der Waals surface area contributed by atoms with Crippen molar-refractivity contribution >= 4 is 6.29 Å². The standard InChI is InChI=1S/C9H19NO/c1-5-10(6-2)9(7-11)8(3)4/h7-9H,5-6H2,1-4H3. The SMILES string of the molecule is CCN(CC)C(C=O)C(C)C. The van der Waals surface area contributed by atoms with Crippen molar-refractivity contribution in [3.05, 3.63) is 0 Å². The van der Waals surface area contributed by atoms with Crippen LogP contribution in [0.5, 0.6) is 0 Å². The Morgan fingerprint density at radius 2 is 1.73 bits per heavy atom. The fourth-order valence-corrected chi connectivity index (χ4v) is 1.31. The second-order valence-electron chi connectivity index (χ2n) is 3.09. The van der Waals surface area contributed by atoms with Crippen LogP contribution in [0.2, 0.25) is 0 Å². The first-order chi connectivity index (χ1) is 5.17. The van der Waals surface area contributed by atoms with E-state index in [1.54, 1.807) is 0 Å². The summed E-state index contributed by atoms with van der Waals surface area (Å²) in [5.74, 6) is 0.424. The lowest BCUT2D eigenvalue weighted by Gasteiger charge is -2.27. The second kappa shape index (κ2) is 5.30. The Morgan fingerprint density at radius 1 is 1.27 bits per heavy atom. The Hall–Kier alpha value is -0.370. The average Bonchev–Trinajstić information content (AvgIpc) is 1.99. The van der Waals surface area contributed by atoms with Crippen LogP contribution in [0.3, 0.4) is 0 Å². The highest BCUT2D eigenvalue weighted by Gasteiger charge is 2.17. The molecule has 0 saturated carbocycles. The third kappa shape index (κ3) is 3.02. The third-order valence-electron chi connectivity index (χ3n) is 2.06. The minimum atomic E-state index is 0.102. The summed E-state index contributed by atoms with van der Waals surface area (Å²) < 4.78 is 0. The van der Waals surface area contributed by atoms with E-state index >= 15 is 0 Å². The van der Waals surface area contributed by atoms with Gasteiger partial charge in [0.1, 0.15) is 6.29 Å². The van der Waals surface area contributed by atoms with Gasteiger partial charge >= 0.3 is 0 Å². The monoisotopic (exact) mass is 157 g/mol. The summed E-state index contributed by atoms with van der Waals surface area (Å²) in [5.41, 5.74) is 0. The summed E-state index contributed by atoms with van der Waals surface area (Å²) in [6.07, 6.45) is 1.05. The molecule has 1 unspecified atom stereocenters. The lowest BCUT2D eigenvalue weighted by molar-refractivity contribution is -0.113. The number of hydrogen-bond acceptors (Lipinski definition) is 2. The van der Waals surface area contributed by atoms with Crippen molar-refractivity contribution in [1.82, 2.24) is 4.90 Å². The molecule has 0 heterocycles. The van der Waals surface area contributed by atoms with E-state index in [1.807, 2.05) is 0 Å². The van der Waals surface area contributed by atoms with E-state index in [2.05, 4.69) is 32.6 Å². The molecule has 0 N–H and O–H groups in total. The minimum absolute atomic E-state index is 0.102. The van der Waals surface area contributed by atoms with Crippen molar-refractivity contribution in [2.45, 2.75) is 33.7 Å². The molecule has 0 saturated heterocycles. The fourth-order valence-electron chi connectivity index (χ4n) is 1.31. The van der Waals surface area contributed by atoms with Gasteiger partial charge < -0.3 is 4.79 Å². The molecular weight excluding hydrogens is 138 g/mol. The van der Waals surface area contributed by atoms with Gasteiger partial charge in [-0.1, -0.05) is 27.7 Å². The summed E-state index contributed by atoms with van der Waals surface area (Å²) >= 11 is 0. The van der Waals surface area contributed by atoms with Gasteiger partial charge in [-0.15, -0.1) is 0 Å². The molecule has 0 aromatic rings. The summed E-state index contributed by atoms with van der Waals surface area (Å²) in [5, 5.41) is 0. The van der Waals surface area contributed by atoms with Crippen molar-refractivity contribution in [2.75, 3.05) is 13.1 Å². The predicted molar refractivity (Wildman–Crippen MR) is 47.6 cm³/mol. The zero-order chi connectivity index (χ0) is 8.85. The van der Waals surface area contributed by atoms with Crippen LogP contribution in [0, 0.1) is 5.92 Å². The van der Waals surface area contributed by atoms with E-state index in [0.29, 0.717) is 5.92 Å². The zero-order valence-corrected chi connectivity index (χ0v) is 8.00. The maximum absolute atomic E-state index is 10.7. The molecule has 0 aliphatic rings. The van der Waals surface area contributed by atoms with Gasteiger partial charge in [-0.3, -0.25) is 4.90 Å². The topological polar surface area (TPSA) is 20.3 Å². The van der Waals surface area contributed by atoms with Crippen LogP contribution in [0.25, 0.3) is 0 Å². The molecular formula is C9H19NO. The van der Waals surface area contributed by atoms with E-state index in [9.17, 15) is 4.79 Å². The number of nitrogens with zero attached hydrogens (tertiary/aromatic N) is 1. The fraction of sp³-hybridized carbons (Fsp3) is 0.889. The first-order valence-electron chi connectivity index (χ1n) is 4.36. The van der Waals surface area contributed by atoms with E-state index in [-0.39, 0.29) is 6.04 Å². The quantitative estimate of drug-likeness (QED) is 0.564. The normalized spacial score (nSPS) is 14.0. The van der Waals surface area contributed by atoms with Gasteiger partial charge in [0.15, 0.2) is 0 Å². The average molecular weight is 157 g/mol. The largest absolute Gasteiger partial charge is 0.302 e. The van der Waals surface area contributed by atoms with Crippen molar-refractivity contribution in [2.24, 2.45) is 5.92 Å². The molecule has 66 valence electrons. The molecule has 0 radical (unpaired) electrons. The summed E-state index contributed by atoms with van der Waals surface area (Å²) in [6.45, 7) is 10.2. The number of aldehydes is 1. The number of rotatable bonds is 5. The van der Waals surface area contributed by atoms with Gasteiger partial charge in [-0.25, -0.2) is 0 Å². The molecule has 2 nitrogen and oxygen atoms in total. The lowest BCUT2D eigenvalue weighted by atomic mass is 10.0. The maximum atomic E-state index is 10.7. The molecule has 2 heteroatoms. The molecule has 0 aliphatic carbocycles. The van der Waals surface area contributed by atoms with Crippen molar-refractivity contribution < 1.29 is 4.79 Å². The molecule has 0 amide bonds. The van der Waals surface area contributed by atoms with E-state index in [0.717, 1.165) is 19.4 Å². The summed E-state index contributed by atoms with van der Waals surface area (Å²) in [6, 6.07) is 0.102. The van der Waals surface area contributed by atoms with Crippen LogP contribution < -0.4 is 0 Å². The highest BCUT2D eigenvalue weighted by Crippen LogP contribution is 2.07. The Kier molecular flexibility index (Phi) is 5.12. The smallest absolute Gasteiger partial charge is 0.137 e.